The monoisotopic (exact) mass is 418 g/mol. The molecule has 0 saturated heterocycles. The zero-order chi connectivity index (χ0) is 16.2. The quantitative estimate of drug-likeness (QED) is 0.447. The molecule has 1 atom stereocenters. The van der Waals surface area contributed by atoms with Crippen LogP contribution < -0.4 is 10.7 Å². The molecule has 0 N–H and O–H groups in total. The van der Waals surface area contributed by atoms with Gasteiger partial charge >= 0.3 is 149 Å². The molecular formula is C23H22Sn. The molecule has 0 aliphatic heterocycles. The molecule has 0 aromatic heterocycles. The summed E-state index contributed by atoms with van der Waals surface area (Å²) in [6.45, 7) is 0. The van der Waals surface area contributed by atoms with Crippen LogP contribution in [0.2, 0.25) is 3.93 Å². The summed E-state index contributed by atoms with van der Waals surface area (Å²) in [7, 11) is 0. The molecule has 0 fully saturated rings. The van der Waals surface area contributed by atoms with Gasteiger partial charge in [-0.3, -0.25) is 0 Å². The van der Waals surface area contributed by atoms with Crippen molar-refractivity contribution in [2.24, 2.45) is 0 Å². The van der Waals surface area contributed by atoms with Crippen molar-refractivity contribution in [1.29, 1.82) is 0 Å². The summed E-state index contributed by atoms with van der Waals surface area (Å²) in [5.74, 6) is 0. The van der Waals surface area contributed by atoms with Gasteiger partial charge in [-0.1, -0.05) is 0 Å². The van der Waals surface area contributed by atoms with Gasteiger partial charge in [-0.15, -0.1) is 0 Å². The van der Waals surface area contributed by atoms with Gasteiger partial charge in [0.05, 0.1) is 0 Å². The fourth-order valence-electron chi connectivity index (χ4n) is 4.24. The predicted octanol–water partition coefficient (Wildman–Crippen LogP) is 3.88. The molecule has 0 spiro atoms. The van der Waals surface area contributed by atoms with Crippen LogP contribution in [0.15, 0.2) is 103 Å². The number of rotatable bonds is 4. The summed E-state index contributed by atoms with van der Waals surface area (Å²) >= 11 is -3.08. The van der Waals surface area contributed by atoms with Gasteiger partial charge in [0.1, 0.15) is 0 Å². The molecule has 3 aromatic rings. The standard InChI is InChI=1S/3C6H5.C5H7.Sn/c3*1-2-4-6-5-3-1;1-2-4-5-3-1;/h3*1-5H;1-3H,4-5H2;. The van der Waals surface area contributed by atoms with Crippen molar-refractivity contribution in [2.45, 2.75) is 16.8 Å². The van der Waals surface area contributed by atoms with Gasteiger partial charge in [-0.2, -0.15) is 0 Å². The van der Waals surface area contributed by atoms with E-state index in [0.717, 1.165) is 0 Å². The van der Waals surface area contributed by atoms with Gasteiger partial charge < -0.3 is 0 Å². The fourth-order valence-corrected chi connectivity index (χ4v) is 19.8. The first-order chi connectivity index (χ1) is 11.9. The molecule has 118 valence electrons. The van der Waals surface area contributed by atoms with E-state index >= 15 is 0 Å². The zero-order valence-electron chi connectivity index (χ0n) is 13.8. The first kappa shape index (κ1) is 15.7. The van der Waals surface area contributed by atoms with Crippen molar-refractivity contribution >= 4 is 29.1 Å². The zero-order valence-corrected chi connectivity index (χ0v) is 16.7. The third-order valence-electron chi connectivity index (χ3n) is 5.26. The van der Waals surface area contributed by atoms with Crippen molar-refractivity contribution in [3.8, 4) is 0 Å². The molecule has 1 unspecified atom stereocenters. The molecule has 1 aliphatic carbocycles. The summed E-state index contributed by atoms with van der Waals surface area (Å²) in [4.78, 5) is 0. The summed E-state index contributed by atoms with van der Waals surface area (Å²) in [5.41, 5.74) is 0. The molecule has 0 bridgehead atoms. The van der Waals surface area contributed by atoms with E-state index in [1.165, 1.54) is 12.8 Å². The summed E-state index contributed by atoms with van der Waals surface area (Å²) in [6, 6.07) is 34.0. The summed E-state index contributed by atoms with van der Waals surface area (Å²) < 4.78 is 5.44. The Bertz CT molecular complexity index is 710. The Morgan fingerprint density at radius 3 is 1.33 bits per heavy atom. The number of hydrogen-bond donors (Lipinski definition) is 0. The van der Waals surface area contributed by atoms with Gasteiger partial charge in [0, 0.05) is 0 Å². The second kappa shape index (κ2) is 6.98. The molecule has 0 saturated carbocycles. The van der Waals surface area contributed by atoms with Gasteiger partial charge in [-0.05, 0) is 0 Å². The Morgan fingerprint density at radius 1 is 0.583 bits per heavy atom. The Morgan fingerprint density at radius 2 is 1.00 bits per heavy atom. The van der Waals surface area contributed by atoms with E-state index < -0.39 is 18.4 Å². The van der Waals surface area contributed by atoms with Crippen molar-refractivity contribution in [3.05, 3.63) is 103 Å². The third-order valence-corrected chi connectivity index (χ3v) is 20.5. The Kier molecular flexibility index (Phi) is 4.57. The number of allylic oxidation sites excluding steroid dienone is 2. The van der Waals surface area contributed by atoms with Crippen LogP contribution in [-0.2, 0) is 0 Å². The normalized spacial score (nSPS) is 17.1. The minimum absolute atomic E-state index is 0.687. The van der Waals surface area contributed by atoms with Crippen LogP contribution in [-0.4, -0.2) is 18.4 Å². The minimum atomic E-state index is -3.08. The average molecular weight is 417 g/mol. The molecule has 1 aliphatic rings. The fraction of sp³-hybridized carbons (Fsp3) is 0.130. The van der Waals surface area contributed by atoms with Crippen LogP contribution in [0.4, 0.5) is 0 Å². The topological polar surface area (TPSA) is 0 Å². The molecule has 0 nitrogen and oxygen atoms in total. The molecule has 1 heteroatoms. The molecule has 24 heavy (non-hydrogen) atoms. The van der Waals surface area contributed by atoms with Crippen LogP contribution in [0, 0.1) is 0 Å². The third kappa shape index (κ3) is 2.63. The van der Waals surface area contributed by atoms with Gasteiger partial charge in [0.15, 0.2) is 0 Å². The van der Waals surface area contributed by atoms with E-state index in [9.17, 15) is 0 Å². The second-order valence-corrected chi connectivity index (χ2v) is 18.2. The van der Waals surface area contributed by atoms with E-state index in [1.807, 2.05) is 0 Å². The van der Waals surface area contributed by atoms with Crippen LogP contribution in [0.5, 0.6) is 0 Å². The van der Waals surface area contributed by atoms with Crippen LogP contribution >= 0.6 is 0 Å². The van der Waals surface area contributed by atoms with Gasteiger partial charge in [-0.25, -0.2) is 0 Å². The maximum atomic E-state index is 2.52. The second-order valence-electron chi connectivity index (χ2n) is 6.52. The Hall–Kier alpha value is -1.80. The number of hydrogen-bond acceptors (Lipinski definition) is 0. The summed E-state index contributed by atoms with van der Waals surface area (Å²) in [5, 5.41) is 0. The van der Waals surface area contributed by atoms with E-state index in [0.29, 0.717) is 3.93 Å². The van der Waals surface area contributed by atoms with Crippen LogP contribution in [0.25, 0.3) is 0 Å². The van der Waals surface area contributed by atoms with Crippen molar-refractivity contribution < 1.29 is 0 Å². The van der Waals surface area contributed by atoms with E-state index in [4.69, 9.17) is 0 Å². The SMILES string of the molecule is C1=C[CH]([Sn]([c]2ccccc2)([c]2ccccc2)[c]2ccccc2)CC1. The first-order valence-corrected chi connectivity index (χ1v) is 14.7. The van der Waals surface area contributed by atoms with Gasteiger partial charge in [0.25, 0.3) is 0 Å². The Balaban J connectivity index is 2.05. The van der Waals surface area contributed by atoms with Crippen molar-refractivity contribution in [3.63, 3.8) is 0 Å². The van der Waals surface area contributed by atoms with E-state index in [-0.39, 0.29) is 0 Å². The van der Waals surface area contributed by atoms with Crippen molar-refractivity contribution in [1.82, 2.24) is 0 Å². The number of benzene rings is 3. The molecule has 0 amide bonds. The molecule has 0 radical (unpaired) electrons. The summed E-state index contributed by atoms with van der Waals surface area (Å²) in [6.07, 6.45) is 7.42. The van der Waals surface area contributed by atoms with E-state index in [2.05, 4.69) is 103 Å². The van der Waals surface area contributed by atoms with E-state index in [1.54, 1.807) is 10.7 Å². The van der Waals surface area contributed by atoms with Crippen LogP contribution in [0.3, 0.4) is 0 Å². The van der Waals surface area contributed by atoms with Crippen LogP contribution in [0.1, 0.15) is 12.8 Å². The predicted molar refractivity (Wildman–Crippen MR) is 106 cm³/mol. The Labute approximate surface area is 148 Å². The molecule has 4 rings (SSSR count). The maximum absolute atomic E-state index is 3.08. The molecule has 0 heterocycles. The van der Waals surface area contributed by atoms with Crippen molar-refractivity contribution in [2.75, 3.05) is 0 Å². The first-order valence-electron chi connectivity index (χ1n) is 8.75. The molecular weight excluding hydrogens is 395 g/mol. The molecule has 3 aromatic carbocycles. The van der Waals surface area contributed by atoms with Gasteiger partial charge in [0.2, 0.25) is 0 Å². The average Bonchev–Trinajstić information content (AvgIpc) is 3.20.